The van der Waals surface area contributed by atoms with Crippen molar-refractivity contribution in [3.8, 4) is 0 Å². The third kappa shape index (κ3) is 2.62. The molecule has 0 aromatic carbocycles. The molecule has 2 N–H and O–H groups in total. The van der Waals surface area contributed by atoms with E-state index in [1.165, 1.54) is 4.57 Å². The summed E-state index contributed by atoms with van der Waals surface area (Å²) in [6, 6.07) is -0.0419. The molecule has 0 aliphatic rings. The van der Waals surface area contributed by atoms with Gasteiger partial charge in [0.15, 0.2) is 5.16 Å². The molecule has 84 valence electrons. The molecular formula is C8H13N3O3S. The highest BCUT2D eigenvalue weighted by molar-refractivity contribution is 8.00. The molecule has 1 atom stereocenters. The number of hydrogen-bond acceptors (Lipinski definition) is 4. The molecule has 0 saturated carbocycles. The lowest BCUT2D eigenvalue weighted by Gasteiger charge is -2.09. The molecule has 7 heteroatoms. The highest BCUT2D eigenvalue weighted by atomic mass is 32.2. The van der Waals surface area contributed by atoms with Gasteiger partial charge in [-0.2, -0.15) is 0 Å². The molecule has 0 saturated heterocycles. The van der Waals surface area contributed by atoms with Gasteiger partial charge >= 0.3 is 11.7 Å². The van der Waals surface area contributed by atoms with Crippen LogP contribution in [0.25, 0.3) is 0 Å². The van der Waals surface area contributed by atoms with E-state index in [0.29, 0.717) is 5.16 Å². The maximum Gasteiger partial charge on any atom is 0.344 e. The standard InChI is InChI=1S/C8H13N3O3S/c1-4(2)11-7(14)9-10-8(11)15-5(3)6(12)13/h4-5H,1-3H3,(H,9,14)(H,12,13). The lowest BCUT2D eigenvalue weighted by Crippen LogP contribution is -2.20. The first kappa shape index (κ1) is 11.8. The zero-order valence-electron chi connectivity index (χ0n) is 8.72. The van der Waals surface area contributed by atoms with Crippen LogP contribution >= 0.6 is 11.8 Å². The van der Waals surface area contributed by atoms with Crippen molar-refractivity contribution in [2.75, 3.05) is 0 Å². The second kappa shape index (κ2) is 4.52. The summed E-state index contributed by atoms with van der Waals surface area (Å²) in [7, 11) is 0. The van der Waals surface area contributed by atoms with E-state index in [2.05, 4.69) is 10.2 Å². The van der Waals surface area contributed by atoms with Crippen molar-refractivity contribution < 1.29 is 9.90 Å². The number of aromatic nitrogens is 3. The average molecular weight is 231 g/mol. The van der Waals surface area contributed by atoms with Gasteiger partial charge in [-0.1, -0.05) is 11.8 Å². The van der Waals surface area contributed by atoms with Crippen molar-refractivity contribution in [2.24, 2.45) is 0 Å². The number of rotatable bonds is 4. The van der Waals surface area contributed by atoms with Crippen molar-refractivity contribution in [3.63, 3.8) is 0 Å². The van der Waals surface area contributed by atoms with Crippen LogP contribution in [0.2, 0.25) is 0 Å². The Labute approximate surface area is 90.7 Å². The van der Waals surface area contributed by atoms with Gasteiger partial charge in [0.05, 0.1) is 0 Å². The van der Waals surface area contributed by atoms with Gasteiger partial charge in [0.25, 0.3) is 0 Å². The fourth-order valence-corrected chi connectivity index (χ4v) is 1.96. The highest BCUT2D eigenvalue weighted by Gasteiger charge is 2.18. The van der Waals surface area contributed by atoms with Crippen LogP contribution < -0.4 is 5.69 Å². The summed E-state index contributed by atoms with van der Waals surface area (Å²) in [5.74, 6) is -0.925. The smallest absolute Gasteiger partial charge is 0.344 e. The van der Waals surface area contributed by atoms with Gasteiger partial charge in [0.1, 0.15) is 5.25 Å². The van der Waals surface area contributed by atoms with Gasteiger partial charge in [-0.25, -0.2) is 9.89 Å². The fourth-order valence-electron chi connectivity index (χ4n) is 1.04. The maximum atomic E-state index is 11.3. The lowest BCUT2D eigenvalue weighted by atomic mass is 10.4. The van der Waals surface area contributed by atoms with E-state index >= 15 is 0 Å². The zero-order chi connectivity index (χ0) is 11.6. The van der Waals surface area contributed by atoms with Crippen molar-refractivity contribution in [2.45, 2.75) is 37.2 Å². The number of aromatic amines is 1. The summed E-state index contributed by atoms with van der Waals surface area (Å²) in [5.41, 5.74) is -0.315. The molecule has 1 aromatic rings. The van der Waals surface area contributed by atoms with E-state index in [1.807, 2.05) is 13.8 Å². The molecule has 6 nitrogen and oxygen atoms in total. The number of nitrogens with one attached hydrogen (secondary N) is 1. The predicted molar refractivity (Wildman–Crippen MR) is 56.2 cm³/mol. The molecule has 1 heterocycles. The summed E-state index contributed by atoms with van der Waals surface area (Å²) in [4.78, 5) is 22.0. The van der Waals surface area contributed by atoms with E-state index in [9.17, 15) is 9.59 Å². The highest BCUT2D eigenvalue weighted by Crippen LogP contribution is 2.21. The third-order valence-corrected chi connectivity index (χ3v) is 2.87. The first-order chi connectivity index (χ1) is 6.93. The van der Waals surface area contributed by atoms with E-state index in [-0.39, 0.29) is 11.7 Å². The van der Waals surface area contributed by atoms with Gasteiger partial charge in [0.2, 0.25) is 0 Å². The third-order valence-electron chi connectivity index (χ3n) is 1.82. The largest absolute Gasteiger partial charge is 0.480 e. The van der Waals surface area contributed by atoms with Crippen molar-refractivity contribution in [1.29, 1.82) is 0 Å². The summed E-state index contributed by atoms with van der Waals surface area (Å²) in [6.45, 7) is 5.23. The minimum absolute atomic E-state index is 0.0419. The number of thioether (sulfide) groups is 1. The van der Waals surface area contributed by atoms with Gasteiger partial charge in [-0.3, -0.25) is 9.36 Å². The van der Waals surface area contributed by atoms with Crippen molar-refractivity contribution in [3.05, 3.63) is 10.5 Å². The first-order valence-corrected chi connectivity index (χ1v) is 5.37. The summed E-state index contributed by atoms with van der Waals surface area (Å²) < 4.78 is 1.43. The number of aliphatic carboxylic acids is 1. The Kier molecular flexibility index (Phi) is 3.57. The number of carboxylic acid groups (broad SMARTS) is 1. The predicted octanol–water partition coefficient (Wildman–Crippen LogP) is 0.717. The van der Waals surface area contributed by atoms with Crippen molar-refractivity contribution in [1.82, 2.24) is 14.8 Å². The monoisotopic (exact) mass is 231 g/mol. The molecule has 0 fully saturated rings. The first-order valence-electron chi connectivity index (χ1n) is 4.50. The second-order valence-corrected chi connectivity index (χ2v) is 4.68. The fraction of sp³-hybridized carbons (Fsp3) is 0.625. The quantitative estimate of drug-likeness (QED) is 0.745. The molecule has 0 spiro atoms. The number of carbonyl (C=O) groups is 1. The number of nitrogens with zero attached hydrogens (tertiary/aromatic N) is 2. The molecule has 1 unspecified atom stereocenters. The van der Waals surface area contributed by atoms with Crippen molar-refractivity contribution >= 4 is 17.7 Å². The van der Waals surface area contributed by atoms with Crippen LogP contribution in [-0.2, 0) is 4.79 Å². The van der Waals surface area contributed by atoms with Gasteiger partial charge in [-0.05, 0) is 20.8 Å². The maximum absolute atomic E-state index is 11.3. The Balaban J connectivity index is 2.96. The Morgan fingerprint density at radius 3 is 2.60 bits per heavy atom. The molecule has 0 radical (unpaired) electrons. The Morgan fingerprint density at radius 1 is 1.53 bits per heavy atom. The zero-order valence-corrected chi connectivity index (χ0v) is 9.54. The Bertz CT molecular complexity index is 410. The SMILES string of the molecule is CC(Sc1n[nH]c(=O)n1C(C)C)C(=O)O. The molecular weight excluding hydrogens is 218 g/mol. The van der Waals surface area contributed by atoms with Crippen LogP contribution in [0.15, 0.2) is 9.95 Å². The van der Waals surface area contributed by atoms with Crippen LogP contribution in [0, 0.1) is 0 Å². The Morgan fingerprint density at radius 2 is 2.13 bits per heavy atom. The minimum Gasteiger partial charge on any atom is -0.480 e. The molecule has 0 aliphatic carbocycles. The van der Waals surface area contributed by atoms with Gasteiger partial charge in [-0.15, -0.1) is 5.10 Å². The summed E-state index contributed by atoms with van der Waals surface area (Å²) in [6.07, 6.45) is 0. The molecule has 1 aromatic heterocycles. The van der Waals surface area contributed by atoms with Crippen LogP contribution in [0.4, 0.5) is 0 Å². The number of H-pyrrole nitrogens is 1. The van der Waals surface area contributed by atoms with Gasteiger partial charge < -0.3 is 5.11 Å². The van der Waals surface area contributed by atoms with Crippen LogP contribution in [0.1, 0.15) is 26.8 Å². The van der Waals surface area contributed by atoms with Crippen LogP contribution in [0.5, 0.6) is 0 Å². The molecule has 0 aliphatic heterocycles. The topological polar surface area (TPSA) is 88.0 Å². The summed E-state index contributed by atoms with van der Waals surface area (Å²) >= 11 is 1.05. The van der Waals surface area contributed by atoms with Crippen LogP contribution in [-0.4, -0.2) is 31.1 Å². The number of carboxylic acids is 1. The van der Waals surface area contributed by atoms with Gasteiger partial charge in [0, 0.05) is 6.04 Å². The normalized spacial score (nSPS) is 13.1. The van der Waals surface area contributed by atoms with E-state index < -0.39 is 11.2 Å². The second-order valence-electron chi connectivity index (χ2n) is 3.37. The number of hydrogen-bond donors (Lipinski definition) is 2. The lowest BCUT2D eigenvalue weighted by molar-refractivity contribution is -0.136. The average Bonchev–Trinajstić information content (AvgIpc) is 2.46. The molecule has 0 bridgehead atoms. The van der Waals surface area contributed by atoms with E-state index in [1.54, 1.807) is 6.92 Å². The molecule has 1 rings (SSSR count). The molecule has 0 amide bonds. The van der Waals surface area contributed by atoms with E-state index in [0.717, 1.165) is 11.8 Å². The van der Waals surface area contributed by atoms with Crippen LogP contribution in [0.3, 0.4) is 0 Å². The summed E-state index contributed by atoms with van der Waals surface area (Å²) in [5, 5.41) is 14.6. The molecule has 15 heavy (non-hydrogen) atoms. The Hall–Kier alpha value is -1.24. The minimum atomic E-state index is -0.925. The van der Waals surface area contributed by atoms with E-state index in [4.69, 9.17) is 5.11 Å².